The van der Waals surface area contributed by atoms with Crippen molar-refractivity contribution in [1.82, 2.24) is 19.2 Å². The first-order valence-corrected chi connectivity index (χ1v) is 10.6. The van der Waals surface area contributed by atoms with Crippen LogP contribution >= 0.6 is 11.6 Å². The molecule has 1 aliphatic rings. The standard InChI is InChI=1S/C24H21ClN4O2/c25-18-8-9-19-21(15-18)26-22-20(7-4-10-29(22)24(19)31)23(30)28-13-11-27(12-14-28)16-17-5-2-1-3-6-17/h1-10,15H,11-14,16H2. The van der Waals surface area contributed by atoms with Crippen molar-refractivity contribution >= 4 is 34.1 Å². The number of nitrogens with zero attached hydrogens (tertiary/aromatic N) is 4. The van der Waals surface area contributed by atoms with Crippen LogP contribution in [0.25, 0.3) is 16.6 Å². The van der Waals surface area contributed by atoms with E-state index in [9.17, 15) is 9.59 Å². The Labute approximate surface area is 184 Å². The molecule has 0 atom stereocenters. The molecule has 2 aromatic carbocycles. The lowest BCUT2D eigenvalue weighted by atomic mass is 10.1. The minimum Gasteiger partial charge on any atom is -0.336 e. The molecule has 0 radical (unpaired) electrons. The van der Waals surface area contributed by atoms with Gasteiger partial charge in [0.15, 0.2) is 5.65 Å². The summed E-state index contributed by atoms with van der Waals surface area (Å²) in [5, 5.41) is 0.975. The molecular formula is C24H21ClN4O2. The topological polar surface area (TPSA) is 57.9 Å². The van der Waals surface area contributed by atoms with Crippen molar-refractivity contribution in [3.63, 3.8) is 0 Å². The zero-order valence-electron chi connectivity index (χ0n) is 16.9. The highest BCUT2D eigenvalue weighted by molar-refractivity contribution is 6.31. The summed E-state index contributed by atoms with van der Waals surface area (Å²) in [6.07, 6.45) is 1.65. The monoisotopic (exact) mass is 432 g/mol. The summed E-state index contributed by atoms with van der Waals surface area (Å²) in [5.74, 6) is -0.106. The second-order valence-corrected chi connectivity index (χ2v) is 8.18. The molecule has 6 nitrogen and oxygen atoms in total. The summed E-state index contributed by atoms with van der Waals surface area (Å²) < 4.78 is 1.44. The summed E-state index contributed by atoms with van der Waals surface area (Å²) in [5.41, 5.74) is 2.34. The van der Waals surface area contributed by atoms with E-state index in [0.717, 1.165) is 19.6 Å². The van der Waals surface area contributed by atoms with Gasteiger partial charge in [-0.1, -0.05) is 41.9 Å². The molecule has 0 aliphatic carbocycles. The molecule has 156 valence electrons. The normalized spacial score (nSPS) is 14.9. The molecule has 31 heavy (non-hydrogen) atoms. The van der Waals surface area contributed by atoms with E-state index in [0.29, 0.717) is 40.2 Å². The quantitative estimate of drug-likeness (QED) is 0.465. The van der Waals surface area contributed by atoms with Gasteiger partial charge in [-0.25, -0.2) is 4.98 Å². The highest BCUT2D eigenvalue weighted by Gasteiger charge is 2.24. The SMILES string of the molecule is O=C(c1cccn2c(=O)c3ccc(Cl)cc3nc12)N1CCN(Cc2ccccc2)CC1. The van der Waals surface area contributed by atoms with Gasteiger partial charge in [-0.2, -0.15) is 0 Å². The molecule has 2 aromatic heterocycles. The number of carbonyl (C=O) groups excluding carboxylic acids is 1. The van der Waals surface area contributed by atoms with E-state index in [2.05, 4.69) is 22.0 Å². The number of fused-ring (bicyclic) bond motifs is 2. The van der Waals surface area contributed by atoms with E-state index in [1.807, 2.05) is 23.1 Å². The Hall–Kier alpha value is -3.22. The molecule has 0 N–H and O–H groups in total. The van der Waals surface area contributed by atoms with Crippen LogP contribution in [0.5, 0.6) is 0 Å². The summed E-state index contributed by atoms with van der Waals surface area (Å²) in [6, 6.07) is 18.8. The van der Waals surface area contributed by atoms with Crippen LogP contribution in [0, 0.1) is 0 Å². The Morgan fingerprint density at radius 2 is 1.74 bits per heavy atom. The first-order chi connectivity index (χ1) is 15.1. The number of rotatable bonds is 3. The molecular weight excluding hydrogens is 412 g/mol. The van der Waals surface area contributed by atoms with Crippen LogP contribution in [0.15, 0.2) is 71.7 Å². The third-order valence-electron chi connectivity index (χ3n) is 5.74. The van der Waals surface area contributed by atoms with Gasteiger partial charge >= 0.3 is 0 Å². The summed E-state index contributed by atoms with van der Waals surface area (Å²) in [6.45, 7) is 3.75. The van der Waals surface area contributed by atoms with Gasteiger partial charge in [0.25, 0.3) is 11.5 Å². The summed E-state index contributed by atoms with van der Waals surface area (Å²) >= 11 is 6.09. The van der Waals surface area contributed by atoms with Gasteiger partial charge in [-0.3, -0.25) is 18.9 Å². The predicted molar refractivity (Wildman–Crippen MR) is 122 cm³/mol. The van der Waals surface area contributed by atoms with Crippen LogP contribution in [0.3, 0.4) is 0 Å². The number of amides is 1. The van der Waals surface area contributed by atoms with Crippen molar-refractivity contribution in [3.8, 4) is 0 Å². The van der Waals surface area contributed by atoms with Crippen molar-refractivity contribution in [1.29, 1.82) is 0 Å². The minimum atomic E-state index is -0.209. The van der Waals surface area contributed by atoms with Gasteiger partial charge in [0.1, 0.15) is 0 Å². The molecule has 4 aromatic rings. The third-order valence-corrected chi connectivity index (χ3v) is 5.98. The molecule has 1 saturated heterocycles. The largest absolute Gasteiger partial charge is 0.336 e. The molecule has 1 fully saturated rings. The molecule has 0 saturated carbocycles. The van der Waals surface area contributed by atoms with E-state index in [-0.39, 0.29) is 11.5 Å². The second kappa shape index (κ2) is 8.13. The molecule has 1 amide bonds. The molecule has 1 aliphatic heterocycles. The van der Waals surface area contributed by atoms with Gasteiger partial charge in [0, 0.05) is 43.9 Å². The van der Waals surface area contributed by atoms with Crippen LogP contribution in [-0.2, 0) is 6.54 Å². The van der Waals surface area contributed by atoms with E-state index < -0.39 is 0 Å². The third kappa shape index (κ3) is 3.80. The van der Waals surface area contributed by atoms with Crippen LogP contribution in [-0.4, -0.2) is 51.3 Å². The number of halogens is 1. The van der Waals surface area contributed by atoms with Crippen molar-refractivity contribution in [3.05, 3.63) is 93.4 Å². The van der Waals surface area contributed by atoms with Crippen LogP contribution in [0.4, 0.5) is 0 Å². The number of pyridine rings is 1. The fourth-order valence-corrected chi connectivity index (χ4v) is 4.25. The Balaban J connectivity index is 1.41. The fourth-order valence-electron chi connectivity index (χ4n) is 4.09. The maximum absolute atomic E-state index is 13.3. The van der Waals surface area contributed by atoms with Crippen molar-refractivity contribution in [2.45, 2.75) is 6.54 Å². The Bertz CT molecular complexity index is 1330. The zero-order chi connectivity index (χ0) is 21.4. The van der Waals surface area contributed by atoms with Crippen LogP contribution < -0.4 is 5.56 Å². The van der Waals surface area contributed by atoms with Crippen LogP contribution in [0.1, 0.15) is 15.9 Å². The van der Waals surface area contributed by atoms with Crippen molar-refractivity contribution in [2.24, 2.45) is 0 Å². The molecule has 3 heterocycles. The average molecular weight is 433 g/mol. The number of carbonyl (C=O) groups is 1. The smallest absolute Gasteiger partial charge is 0.265 e. The lowest BCUT2D eigenvalue weighted by Crippen LogP contribution is -2.48. The van der Waals surface area contributed by atoms with Gasteiger partial charge in [0.2, 0.25) is 0 Å². The first kappa shape index (κ1) is 19.7. The lowest BCUT2D eigenvalue weighted by molar-refractivity contribution is 0.0629. The van der Waals surface area contributed by atoms with Gasteiger partial charge in [0.05, 0.1) is 16.5 Å². The molecule has 5 rings (SSSR count). The van der Waals surface area contributed by atoms with Crippen LogP contribution in [0.2, 0.25) is 5.02 Å². The van der Waals surface area contributed by atoms with Gasteiger partial charge in [-0.05, 0) is 35.9 Å². The van der Waals surface area contributed by atoms with E-state index in [4.69, 9.17) is 11.6 Å². The Kier molecular flexibility index (Phi) is 5.18. The van der Waals surface area contributed by atoms with Crippen molar-refractivity contribution < 1.29 is 4.79 Å². The lowest BCUT2D eigenvalue weighted by Gasteiger charge is -2.34. The van der Waals surface area contributed by atoms with Gasteiger partial charge in [-0.15, -0.1) is 0 Å². The number of hydrogen-bond acceptors (Lipinski definition) is 4. The average Bonchev–Trinajstić information content (AvgIpc) is 2.79. The summed E-state index contributed by atoms with van der Waals surface area (Å²) in [4.78, 5) is 35.0. The maximum Gasteiger partial charge on any atom is 0.265 e. The molecule has 0 spiro atoms. The number of hydrogen-bond donors (Lipinski definition) is 0. The van der Waals surface area contributed by atoms with Crippen molar-refractivity contribution in [2.75, 3.05) is 26.2 Å². The Morgan fingerprint density at radius 1 is 0.968 bits per heavy atom. The molecule has 0 bridgehead atoms. The number of piperazine rings is 1. The maximum atomic E-state index is 13.3. The summed E-state index contributed by atoms with van der Waals surface area (Å²) in [7, 11) is 0. The fraction of sp³-hybridized carbons (Fsp3) is 0.208. The van der Waals surface area contributed by atoms with Gasteiger partial charge < -0.3 is 4.90 Å². The zero-order valence-corrected chi connectivity index (χ0v) is 17.6. The Morgan fingerprint density at radius 3 is 2.52 bits per heavy atom. The molecule has 0 unspecified atom stereocenters. The van der Waals surface area contributed by atoms with E-state index in [1.165, 1.54) is 9.96 Å². The van der Waals surface area contributed by atoms with E-state index >= 15 is 0 Å². The van der Waals surface area contributed by atoms with E-state index in [1.54, 1.807) is 36.5 Å². The molecule has 7 heteroatoms. The minimum absolute atomic E-state index is 0.106. The highest BCUT2D eigenvalue weighted by atomic mass is 35.5. The second-order valence-electron chi connectivity index (χ2n) is 7.75. The first-order valence-electron chi connectivity index (χ1n) is 10.3. The number of aromatic nitrogens is 2. The number of benzene rings is 2. The predicted octanol–water partition coefficient (Wildman–Crippen LogP) is 3.46. The highest BCUT2D eigenvalue weighted by Crippen LogP contribution is 2.19.